The van der Waals surface area contributed by atoms with Crippen LogP contribution in [0.5, 0.6) is 0 Å². The van der Waals surface area contributed by atoms with Crippen LogP contribution in [0.1, 0.15) is 5.56 Å². The molecule has 0 aliphatic heterocycles. The first-order valence-corrected chi connectivity index (χ1v) is 5.24. The van der Waals surface area contributed by atoms with E-state index in [2.05, 4.69) is 16.8 Å². The van der Waals surface area contributed by atoms with Crippen molar-refractivity contribution in [3.05, 3.63) is 45.6 Å². The highest BCUT2D eigenvalue weighted by atomic mass is 35.5. The summed E-state index contributed by atoms with van der Waals surface area (Å²) in [6.45, 7) is 2.01. The summed E-state index contributed by atoms with van der Waals surface area (Å²) in [6, 6.07) is 8.09. The molecule has 0 fully saturated rings. The Kier molecular flexibility index (Phi) is 2.38. The molecule has 65 valence electrons. The number of hydrogen-bond donors (Lipinski definition) is 0. The summed E-state index contributed by atoms with van der Waals surface area (Å²) in [4.78, 5) is 0. The summed E-state index contributed by atoms with van der Waals surface area (Å²) in [5.74, 6) is 0. The normalized spacial score (nSPS) is 10.3. The van der Waals surface area contributed by atoms with Crippen molar-refractivity contribution in [2.24, 2.45) is 0 Å². The van der Waals surface area contributed by atoms with Crippen molar-refractivity contribution in [3.63, 3.8) is 0 Å². The molecule has 2 heteroatoms. The minimum atomic E-state index is 0.823. The highest BCUT2D eigenvalue weighted by Crippen LogP contribution is 2.26. The molecule has 0 aliphatic rings. The molecule has 0 spiro atoms. The van der Waals surface area contributed by atoms with Crippen LogP contribution in [0.15, 0.2) is 29.6 Å². The summed E-state index contributed by atoms with van der Waals surface area (Å²) < 4.78 is 0. The lowest BCUT2D eigenvalue weighted by Crippen LogP contribution is -1.77. The lowest BCUT2D eigenvalue weighted by molar-refractivity contribution is 1.47. The molecular formula is C11H8ClS. The maximum atomic E-state index is 6.02. The average molecular weight is 208 g/mol. The quantitative estimate of drug-likeness (QED) is 0.658. The van der Waals surface area contributed by atoms with Crippen molar-refractivity contribution in [1.82, 2.24) is 0 Å². The van der Waals surface area contributed by atoms with Gasteiger partial charge in [0.1, 0.15) is 0 Å². The summed E-state index contributed by atoms with van der Waals surface area (Å²) in [6.07, 6.45) is 0. The predicted octanol–water partition coefficient (Wildman–Crippen LogP) is 4.18. The van der Waals surface area contributed by atoms with E-state index in [0.717, 1.165) is 16.1 Å². The second-order valence-electron chi connectivity index (χ2n) is 2.92. The fourth-order valence-corrected chi connectivity index (χ4v) is 1.93. The van der Waals surface area contributed by atoms with Gasteiger partial charge >= 0.3 is 0 Å². The van der Waals surface area contributed by atoms with Gasteiger partial charge in [0.2, 0.25) is 0 Å². The van der Waals surface area contributed by atoms with E-state index in [1.54, 1.807) is 11.3 Å². The van der Waals surface area contributed by atoms with Crippen molar-refractivity contribution < 1.29 is 0 Å². The SMILES string of the molecule is Cc1ccc(-c2c[c]sc2)cc1Cl. The van der Waals surface area contributed by atoms with E-state index < -0.39 is 0 Å². The van der Waals surface area contributed by atoms with Crippen LogP contribution in [0.2, 0.25) is 5.02 Å². The van der Waals surface area contributed by atoms with Gasteiger partial charge in [-0.1, -0.05) is 23.7 Å². The third kappa shape index (κ3) is 1.77. The van der Waals surface area contributed by atoms with Gasteiger partial charge in [-0.2, -0.15) is 0 Å². The molecule has 0 amide bonds. The van der Waals surface area contributed by atoms with E-state index in [9.17, 15) is 0 Å². The number of hydrogen-bond acceptors (Lipinski definition) is 1. The first-order valence-electron chi connectivity index (χ1n) is 3.98. The number of halogens is 1. The maximum Gasteiger partial charge on any atom is 0.0449 e. The monoisotopic (exact) mass is 207 g/mol. The fraction of sp³-hybridized carbons (Fsp3) is 0.0909. The third-order valence-electron chi connectivity index (χ3n) is 1.97. The Morgan fingerprint density at radius 1 is 1.31 bits per heavy atom. The molecule has 0 N–H and O–H groups in total. The van der Waals surface area contributed by atoms with Crippen LogP contribution in [-0.2, 0) is 0 Å². The zero-order valence-corrected chi connectivity index (χ0v) is 8.75. The second-order valence-corrected chi connectivity index (χ2v) is 4.03. The maximum absolute atomic E-state index is 6.02. The van der Waals surface area contributed by atoms with Gasteiger partial charge in [-0.15, -0.1) is 11.3 Å². The standard InChI is InChI=1S/C11H8ClS/c1-8-2-3-9(6-11(8)12)10-4-5-13-7-10/h2-4,6-7H,1H3. The van der Waals surface area contributed by atoms with Gasteiger partial charge in [0, 0.05) is 10.4 Å². The minimum Gasteiger partial charge on any atom is -0.142 e. The number of rotatable bonds is 1. The van der Waals surface area contributed by atoms with E-state index in [1.807, 2.05) is 25.1 Å². The Balaban J connectivity index is 2.49. The molecule has 0 saturated carbocycles. The molecular weight excluding hydrogens is 200 g/mol. The molecule has 1 radical (unpaired) electrons. The van der Waals surface area contributed by atoms with Crippen molar-refractivity contribution in [3.8, 4) is 11.1 Å². The second kappa shape index (κ2) is 3.52. The number of aryl methyl sites for hydroxylation is 1. The molecule has 1 heterocycles. The van der Waals surface area contributed by atoms with E-state index in [1.165, 1.54) is 5.56 Å². The molecule has 1 aromatic heterocycles. The smallest absolute Gasteiger partial charge is 0.0449 e. The van der Waals surface area contributed by atoms with Crippen molar-refractivity contribution in [2.75, 3.05) is 0 Å². The van der Waals surface area contributed by atoms with Gasteiger partial charge in [0.25, 0.3) is 0 Å². The van der Waals surface area contributed by atoms with Crippen LogP contribution >= 0.6 is 22.9 Å². The summed E-state index contributed by atoms with van der Waals surface area (Å²) >= 11 is 7.60. The minimum absolute atomic E-state index is 0.823. The first-order chi connectivity index (χ1) is 6.27. The molecule has 1 aromatic carbocycles. The predicted molar refractivity (Wildman–Crippen MR) is 58.3 cm³/mol. The Morgan fingerprint density at radius 2 is 2.15 bits per heavy atom. The zero-order chi connectivity index (χ0) is 9.26. The molecule has 2 rings (SSSR count). The van der Waals surface area contributed by atoms with Crippen molar-refractivity contribution in [1.29, 1.82) is 0 Å². The van der Waals surface area contributed by atoms with Gasteiger partial charge in [0.15, 0.2) is 0 Å². The molecule has 0 bridgehead atoms. The summed E-state index contributed by atoms with van der Waals surface area (Å²) in [5.41, 5.74) is 3.46. The van der Waals surface area contributed by atoms with E-state index in [4.69, 9.17) is 11.6 Å². The molecule has 2 aromatic rings. The van der Waals surface area contributed by atoms with Crippen LogP contribution in [0.25, 0.3) is 11.1 Å². The van der Waals surface area contributed by atoms with Gasteiger partial charge in [-0.05, 0) is 41.1 Å². The fourth-order valence-electron chi connectivity index (χ4n) is 1.15. The lowest BCUT2D eigenvalue weighted by Gasteiger charge is -2.01. The lowest BCUT2D eigenvalue weighted by atomic mass is 10.1. The van der Waals surface area contributed by atoms with Crippen LogP contribution in [0, 0.1) is 12.3 Å². The number of thiophene rings is 1. The first kappa shape index (κ1) is 8.79. The van der Waals surface area contributed by atoms with E-state index in [0.29, 0.717) is 0 Å². The molecule has 0 nitrogen and oxygen atoms in total. The van der Waals surface area contributed by atoms with Crippen LogP contribution in [0.4, 0.5) is 0 Å². The zero-order valence-electron chi connectivity index (χ0n) is 7.17. The van der Waals surface area contributed by atoms with Crippen LogP contribution < -0.4 is 0 Å². The third-order valence-corrected chi connectivity index (χ3v) is 3.01. The molecule has 0 atom stereocenters. The van der Waals surface area contributed by atoms with Gasteiger partial charge in [0.05, 0.1) is 0 Å². The summed E-state index contributed by atoms with van der Waals surface area (Å²) in [5, 5.41) is 5.95. The van der Waals surface area contributed by atoms with Crippen LogP contribution in [0.3, 0.4) is 0 Å². The van der Waals surface area contributed by atoms with Gasteiger partial charge < -0.3 is 0 Å². The van der Waals surface area contributed by atoms with Crippen LogP contribution in [-0.4, -0.2) is 0 Å². The summed E-state index contributed by atoms with van der Waals surface area (Å²) in [7, 11) is 0. The van der Waals surface area contributed by atoms with E-state index in [-0.39, 0.29) is 0 Å². The van der Waals surface area contributed by atoms with Gasteiger partial charge in [-0.25, -0.2) is 0 Å². The number of benzene rings is 1. The average Bonchev–Trinajstić information content (AvgIpc) is 2.62. The Bertz CT molecular complexity index is 404. The Hall–Kier alpha value is -0.790. The molecule has 0 saturated heterocycles. The van der Waals surface area contributed by atoms with Gasteiger partial charge in [-0.3, -0.25) is 0 Å². The van der Waals surface area contributed by atoms with Crippen molar-refractivity contribution >= 4 is 22.9 Å². The Labute approximate surface area is 86.8 Å². The molecule has 0 unspecified atom stereocenters. The van der Waals surface area contributed by atoms with E-state index >= 15 is 0 Å². The molecule has 13 heavy (non-hydrogen) atoms. The Morgan fingerprint density at radius 3 is 2.77 bits per heavy atom. The highest BCUT2D eigenvalue weighted by Gasteiger charge is 2.00. The van der Waals surface area contributed by atoms with Crippen molar-refractivity contribution in [2.45, 2.75) is 6.92 Å². The largest absolute Gasteiger partial charge is 0.142 e. The topological polar surface area (TPSA) is 0 Å². The molecule has 0 aliphatic carbocycles. The highest BCUT2D eigenvalue weighted by molar-refractivity contribution is 7.07.